The predicted octanol–water partition coefficient (Wildman–Crippen LogP) is 3.33. The van der Waals surface area contributed by atoms with Crippen molar-refractivity contribution >= 4 is 35.6 Å². The summed E-state index contributed by atoms with van der Waals surface area (Å²) in [4.78, 5) is 0. The average molecular weight is 252 g/mol. The zero-order valence-electron chi connectivity index (χ0n) is 7.21. The van der Waals surface area contributed by atoms with Crippen LogP contribution in [0.4, 0.5) is 0 Å². The molecule has 1 unspecified atom stereocenters. The molecule has 0 fully saturated rings. The van der Waals surface area contributed by atoms with Crippen LogP contribution in [-0.2, 0) is 0 Å². The van der Waals surface area contributed by atoms with Gasteiger partial charge in [-0.1, -0.05) is 35.3 Å². The van der Waals surface area contributed by atoms with Crippen molar-refractivity contribution in [3.05, 3.63) is 33.8 Å². The molecule has 14 heavy (non-hydrogen) atoms. The van der Waals surface area contributed by atoms with Crippen molar-refractivity contribution in [2.24, 2.45) is 5.73 Å². The van der Waals surface area contributed by atoms with Gasteiger partial charge in [0, 0.05) is 6.04 Å². The molecule has 2 N–H and O–H groups in total. The fourth-order valence-electron chi connectivity index (χ4n) is 1.02. The van der Waals surface area contributed by atoms with Crippen LogP contribution in [0.1, 0.15) is 18.0 Å². The molecule has 0 aromatic heterocycles. The van der Waals surface area contributed by atoms with Gasteiger partial charge in [-0.25, -0.2) is 0 Å². The van der Waals surface area contributed by atoms with Gasteiger partial charge in [0.25, 0.3) is 0 Å². The van der Waals surface area contributed by atoms with Crippen LogP contribution in [0.15, 0.2) is 18.2 Å². The van der Waals surface area contributed by atoms with Crippen LogP contribution in [0.25, 0.3) is 0 Å². The quantitative estimate of drug-likeness (QED) is 0.876. The standard InChI is InChI=1S/C9H8Cl2N2.ClH/c10-7-3-1-2-6(9(7)11)8(13)4-5-12;/h1-3,8H,4,13H2;1H. The first-order valence-electron chi connectivity index (χ1n) is 3.73. The number of hydrogen-bond donors (Lipinski definition) is 1. The first kappa shape index (κ1) is 13.5. The molecule has 0 saturated carbocycles. The van der Waals surface area contributed by atoms with Crippen molar-refractivity contribution in [3.8, 4) is 6.07 Å². The second kappa shape index (κ2) is 6.10. The Labute approximate surface area is 99.0 Å². The van der Waals surface area contributed by atoms with Crippen LogP contribution in [0.2, 0.25) is 10.0 Å². The van der Waals surface area contributed by atoms with Crippen LogP contribution < -0.4 is 5.73 Å². The summed E-state index contributed by atoms with van der Waals surface area (Å²) in [7, 11) is 0. The third-order valence-electron chi connectivity index (χ3n) is 1.69. The lowest BCUT2D eigenvalue weighted by Crippen LogP contribution is -2.09. The molecule has 76 valence electrons. The van der Waals surface area contributed by atoms with Crippen molar-refractivity contribution in [2.75, 3.05) is 0 Å². The number of benzene rings is 1. The highest BCUT2D eigenvalue weighted by Crippen LogP contribution is 2.29. The van der Waals surface area contributed by atoms with Crippen LogP contribution in [0.5, 0.6) is 0 Å². The predicted molar refractivity (Wildman–Crippen MR) is 60.9 cm³/mol. The van der Waals surface area contributed by atoms with Crippen LogP contribution in [0.3, 0.4) is 0 Å². The van der Waals surface area contributed by atoms with Crippen molar-refractivity contribution in [1.82, 2.24) is 0 Å². The summed E-state index contributed by atoms with van der Waals surface area (Å²) in [6.07, 6.45) is 0.236. The van der Waals surface area contributed by atoms with Gasteiger partial charge in [-0.05, 0) is 11.6 Å². The average Bonchev–Trinajstić information content (AvgIpc) is 2.10. The van der Waals surface area contributed by atoms with Gasteiger partial charge in [0.05, 0.1) is 22.5 Å². The highest BCUT2D eigenvalue weighted by atomic mass is 35.5. The first-order chi connectivity index (χ1) is 6.16. The summed E-state index contributed by atoms with van der Waals surface area (Å²) in [5.41, 5.74) is 6.43. The smallest absolute Gasteiger partial charge is 0.0641 e. The maximum Gasteiger partial charge on any atom is 0.0641 e. The normalized spacial score (nSPS) is 11.3. The Morgan fingerprint density at radius 1 is 1.43 bits per heavy atom. The van der Waals surface area contributed by atoms with E-state index in [0.717, 1.165) is 5.56 Å². The summed E-state index contributed by atoms with van der Waals surface area (Å²) in [5, 5.41) is 9.35. The summed E-state index contributed by atoms with van der Waals surface area (Å²) in [6.45, 7) is 0. The number of nitriles is 1. The monoisotopic (exact) mass is 250 g/mol. The lowest BCUT2D eigenvalue weighted by molar-refractivity contribution is 0.749. The van der Waals surface area contributed by atoms with E-state index in [4.69, 9.17) is 34.2 Å². The SMILES string of the molecule is Cl.N#CCC(N)c1cccc(Cl)c1Cl. The number of nitrogens with zero attached hydrogens (tertiary/aromatic N) is 1. The maximum atomic E-state index is 8.45. The largest absolute Gasteiger partial charge is 0.323 e. The van der Waals surface area contributed by atoms with E-state index in [1.165, 1.54) is 0 Å². The molecule has 0 saturated heterocycles. The fourth-order valence-corrected chi connectivity index (χ4v) is 1.46. The van der Waals surface area contributed by atoms with Crippen molar-refractivity contribution in [3.63, 3.8) is 0 Å². The molecule has 0 heterocycles. The topological polar surface area (TPSA) is 49.8 Å². The Balaban J connectivity index is 0.00000169. The highest BCUT2D eigenvalue weighted by Gasteiger charge is 2.11. The molecule has 1 atom stereocenters. The van der Waals surface area contributed by atoms with Gasteiger partial charge in [-0.2, -0.15) is 5.26 Å². The molecule has 5 heteroatoms. The van der Waals surface area contributed by atoms with Crippen molar-refractivity contribution in [1.29, 1.82) is 5.26 Å². The highest BCUT2D eigenvalue weighted by molar-refractivity contribution is 6.42. The Morgan fingerprint density at radius 2 is 2.07 bits per heavy atom. The summed E-state index contributed by atoms with van der Waals surface area (Å²) < 4.78 is 0. The lowest BCUT2D eigenvalue weighted by Gasteiger charge is -2.10. The molecular formula is C9H9Cl3N2. The third kappa shape index (κ3) is 3.04. The fraction of sp³-hybridized carbons (Fsp3) is 0.222. The molecule has 0 aliphatic carbocycles. The second-order valence-corrected chi connectivity index (χ2v) is 3.40. The van der Waals surface area contributed by atoms with Crippen molar-refractivity contribution < 1.29 is 0 Å². The van der Waals surface area contributed by atoms with Crippen LogP contribution in [0, 0.1) is 11.3 Å². The minimum atomic E-state index is -0.365. The zero-order valence-corrected chi connectivity index (χ0v) is 9.53. The molecule has 0 aliphatic heterocycles. The van der Waals surface area contributed by atoms with Gasteiger partial charge < -0.3 is 5.73 Å². The van der Waals surface area contributed by atoms with E-state index in [1.807, 2.05) is 6.07 Å². The van der Waals surface area contributed by atoms with E-state index in [0.29, 0.717) is 10.0 Å². The van der Waals surface area contributed by atoms with E-state index in [2.05, 4.69) is 0 Å². The van der Waals surface area contributed by atoms with E-state index in [9.17, 15) is 0 Å². The summed E-state index contributed by atoms with van der Waals surface area (Å²) in [5.74, 6) is 0. The Bertz CT molecular complexity index is 346. The third-order valence-corrected chi connectivity index (χ3v) is 2.53. The first-order valence-corrected chi connectivity index (χ1v) is 4.49. The molecule has 0 amide bonds. The van der Waals surface area contributed by atoms with Crippen LogP contribution >= 0.6 is 35.6 Å². The van der Waals surface area contributed by atoms with Gasteiger partial charge in [0.1, 0.15) is 0 Å². The summed E-state index contributed by atoms with van der Waals surface area (Å²) in [6, 6.07) is 6.85. The Morgan fingerprint density at radius 3 is 2.64 bits per heavy atom. The number of hydrogen-bond acceptors (Lipinski definition) is 2. The minimum Gasteiger partial charge on any atom is -0.323 e. The number of rotatable bonds is 2. The van der Waals surface area contributed by atoms with Gasteiger partial charge in [-0.3, -0.25) is 0 Å². The van der Waals surface area contributed by atoms with E-state index < -0.39 is 0 Å². The van der Waals surface area contributed by atoms with Gasteiger partial charge >= 0.3 is 0 Å². The number of nitrogens with two attached hydrogens (primary N) is 1. The zero-order chi connectivity index (χ0) is 9.84. The van der Waals surface area contributed by atoms with E-state index in [1.54, 1.807) is 18.2 Å². The molecule has 1 aromatic rings. The molecule has 0 bridgehead atoms. The van der Waals surface area contributed by atoms with E-state index in [-0.39, 0.29) is 24.9 Å². The molecule has 0 aliphatic rings. The van der Waals surface area contributed by atoms with Gasteiger partial charge in [0.15, 0.2) is 0 Å². The maximum absolute atomic E-state index is 8.45. The Hall–Kier alpha value is -0.460. The molecule has 0 radical (unpaired) electrons. The molecule has 1 rings (SSSR count). The van der Waals surface area contributed by atoms with E-state index >= 15 is 0 Å². The minimum absolute atomic E-state index is 0. The van der Waals surface area contributed by atoms with Gasteiger partial charge in [0.2, 0.25) is 0 Å². The lowest BCUT2D eigenvalue weighted by atomic mass is 10.1. The molecule has 2 nitrogen and oxygen atoms in total. The Kier molecular flexibility index (Phi) is 5.90. The summed E-state index contributed by atoms with van der Waals surface area (Å²) >= 11 is 11.7. The molecule has 0 spiro atoms. The van der Waals surface area contributed by atoms with Crippen LogP contribution in [-0.4, -0.2) is 0 Å². The van der Waals surface area contributed by atoms with Crippen molar-refractivity contribution in [2.45, 2.75) is 12.5 Å². The molecule has 1 aromatic carbocycles. The number of halogens is 3. The van der Waals surface area contributed by atoms with Gasteiger partial charge in [-0.15, -0.1) is 12.4 Å². The second-order valence-electron chi connectivity index (χ2n) is 2.61. The molecular weight excluding hydrogens is 242 g/mol.